The normalized spacial score (nSPS) is 21.0. The van der Waals surface area contributed by atoms with Crippen LogP contribution >= 0.6 is 0 Å². The molecular formula is C13H18N2O3. The maximum atomic E-state index is 12.0. The van der Waals surface area contributed by atoms with Crippen LogP contribution in [0, 0.1) is 0 Å². The fourth-order valence-corrected chi connectivity index (χ4v) is 2.15. The number of hydrogen-bond donors (Lipinski definition) is 3. The summed E-state index contributed by atoms with van der Waals surface area (Å²) in [7, 11) is 0. The summed E-state index contributed by atoms with van der Waals surface area (Å²) < 4.78 is 0. The minimum atomic E-state index is -0.597. The van der Waals surface area contributed by atoms with Gasteiger partial charge in [-0.2, -0.15) is 0 Å². The van der Waals surface area contributed by atoms with Crippen LogP contribution in [0.1, 0.15) is 12.0 Å². The van der Waals surface area contributed by atoms with E-state index >= 15 is 0 Å². The molecule has 1 saturated heterocycles. The smallest absolute Gasteiger partial charge is 0.239 e. The van der Waals surface area contributed by atoms with E-state index in [9.17, 15) is 9.90 Å². The minimum absolute atomic E-state index is 0.125. The molecule has 18 heavy (non-hydrogen) atoms. The lowest BCUT2D eigenvalue weighted by Gasteiger charge is -2.20. The Kier molecular flexibility index (Phi) is 3.84. The Bertz CT molecular complexity index is 419. The molecule has 1 amide bonds. The van der Waals surface area contributed by atoms with Gasteiger partial charge in [0.1, 0.15) is 5.75 Å². The quantitative estimate of drug-likeness (QED) is 0.696. The number of amides is 1. The first-order valence-electron chi connectivity index (χ1n) is 6.06. The highest BCUT2D eigenvalue weighted by atomic mass is 16.3. The predicted octanol–water partition coefficient (Wildman–Crippen LogP) is -0.145. The number of aromatic hydroxyl groups is 1. The first kappa shape index (κ1) is 12.9. The van der Waals surface area contributed by atoms with E-state index in [4.69, 9.17) is 10.8 Å². The van der Waals surface area contributed by atoms with Crippen molar-refractivity contribution in [3.05, 3.63) is 29.8 Å². The first-order valence-corrected chi connectivity index (χ1v) is 6.06. The zero-order chi connectivity index (χ0) is 13.1. The van der Waals surface area contributed by atoms with Crippen LogP contribution in [0.15, 0.2) is 24.3 Å². The summed E-state index contributed by atoms with van der Waals surface area (Å²) in [5, 5.41) is 18.6. The average Bonchev–Trinajstić information content (AvgIpc) is 2.78. The van der Waals surface area contributed by atoms with Crippen molar-refractivity contribution in [2.75, 3.05) is 13.1 Å². The second-order valence-electron chi connectivity index (χ2n) is 4.70. The summed E-state index contributed by atoms with van der Waals surface area (Å²) >= 11 is 0. The first-order chi connectivity index (χ1) is 8.56. The van der Waals surface area contributed by atoms with Gasteiger partial charge in [0.15, 0.2) is 0 Å². The molecule has 0 aromatic heterocycles. The van der Waals surface area contributed by atoms with E-state index in [2.05, 4.69) is 0 Å². The van der Waals surface area contributed by atoms with Gasteiger partial charge in [-0.1, -0.05) is 12.1 Å². The van der Waals surface area contributed by atoms with Crippen molar-refractivity contribution in [3.8, 4) is 5.75 Å². The average molecular weight is 250 g/mol. The van der Waals surface area contributed by atoms with Crippen LogP contribution in [-0.2, 0) is 11.2 Å². The maximum Gasteiger partial charge on any atom is 0.239 e. The molecule has 1 aliphatic rings. The molecule has 2 atom stereocenters. The fourth-order valence-electron chi connectivity index (χ4n) is 2.15. The van der Waals surface area contributed by atoms with Gasteiger partial charge in [-0.3, -0.25) is 4.79 Å². The Morgan fingerprint density at radius 2 is 2.11 bits per heavy atom. The molecule has 0 spiro atoms. The van der Waals surface area contributed by atoms with E-state index in [0.29, 0.717) is 25.9 Å². The molecule has 1 aliphatic heterocycles. The van der Waals surface area contributed by atoms with Gasteiger partial charge >= 0.3 is 0 Å². The molecule has 5 heteroatoms. The van der Waals surface area contributed by atoms with Gasteiger partial charge in [-0.15, -0.1) is 0 Å². The summed E-state index contributed by atoms with van der Waals surface area (Å²) in [6, 6.07) is 6.06. The third-order valence-corrected chi connectivity index (χ3v) is 3.18. The van der Waals surface area contributed by atoms with Crippen LogP contribution in [0.25, 0.3) is 0 Å². The summed E-state index contributed by atoms with van der Waals surface area (Å²) in [4.78, 5) is 13.6. The van der Waals surface area contributed by atoms with E-state index in [1.807, 2.05) is 0 Å². The van der Waals surface area contributed by atoms with Gasteiger partial charge in [0.2, 0.25) is 5.91 Å². The highest BCUT2D eigenvalue weighted by Crippen LogP contribution is 2.14. The number of aliphatic hydroxyl groups is 1. The van der Waals surface area contributed by atoms with Crippen molar-refractivity contribution in [1.29, 1.82) is 0 Å². The zero-order valence-electron chi connectivity index (χ0n) is 10.1. The van der Waals surface area contributed by atoms with Gasteiger partial charge in [0.05, 0.1) is 12.1 Å². The lowest BCUT2D eigenvalue weighted by atomic mass is 10.1. The molecule has 0 radical (unpaired) electrons. The maximum absolute atomic E-state index is 12.0. The number of nitrogens with zero attached hydrogens (tertiary/aromatic N) is 1. The number of phenols is 1. The van der Waals surface area contributed by atoms with E-state index in [0.717, 1.165) is 5.56 Å². The molecule has 2 rings (SSSR count). The van der Waals surface area contributed by atoms with Crippen LogP contribution in [0.2, 0.25) is 0 Å². The van der Waals surface area contributed by atoms with Crippen LogP contribution in [-0.4, -0.2) is 46.3 Å². The lowest BCUT2D eigenvalue weighted by Crippen LogP contribution is -2.44. The van der Waals surface area contributed by atoms with Crippen molar-refractivity contribution < 1.29 is 15.0 Å². The number of phenolic OH excluding ortho intramolecular Hbond substituents is 1. The van der Waals surface area contributed by atoms with Gasteiger partial charge in [-0.25, -0.2) is 0 Å². The molecule has 1 heterocycles. The van der Waals surface area contributed by atoms with E-state index in [1.54, 1.807) is 29.2 Å². The van der Waals surface area contributed by atoms with Crippen LogP contribution < -0.4 is 5.73 Å². The zero-order valence-corrected chi connectivity index (χ0v) is 10.1. The Morgan fingerprint density at radius 3 is 2.67 bits per heavy atom. The summed E-state index contributed by atoms with van der Waals surface area (Å²) in [5.74, 6) is 0.0703. The number of β-amino-alcohol motifs (C(OH)–C–C–N with tert-alkyl or cyclic N) is 1. The van der Waals surface area contributed by atoms with E-state index in [1.165, 1.54) is 0 Å². The van der Waals surface area contributed by atoms with E-state index < -0.39 is 12.1 Å². The Labute approximate surface area is 106 Å². The molecular weight excluding hydrogens is 232 g/mol. The Balaban J connectivity index is 1.93. The van der Waals surface area contributed by atoms with Crippen molar-refractivity contribution in [1.82, 2.24) is 4.90 Å². The van der Waals surface area contributed by atoms with Crippen molar-refractivity contribution >= 4 is 5.91 Å². The molecule has 0 saturated carbocycles. The fraction of sp³-hybridized carbons (Fsp3) is 0.462. The van der Waals surface area contributed by atoms with Crippen LogP contribution in [0.4, 0.5) is 0 Å². The molecule has 0 unspecified atom stereocenters. The number of rotatable bonds is 3. The van der Waals surface area contributed by atoms with Gasteiger partial charge in [0.25, 0.3) is 0 Å². The number of carbonyl (C=O) groups is 1. The Morgan fingerprint density at radius 1 is 1.44 bits per heavy atom. The number of aliphatic hydroxyl groups excluding tert-OH is 1. The predicted molar refractivity (Wildman–Crippen MR) is 67.0 cm³/mol. The lowest BCUT2D eigenvalue weighted by molar-refractivity contribution is -0.131. The number of benzene rings is 1. The molecule has 5 nitrogen and oxygen atoms in total. The van der Waals surface area contributed by atoms with Gasteiger partial charge in [0, 0.05) is 13.1 Å². The van der Waals surface area contributed by atoms with Crippen LogP contribution in [0.5, 0.6) is 5.75 Å². The van der Waals surface area contributed by atoms with Crippen molar-refractivity contribution in [2.24, 2.45) is 5.73 Å². The number of nitrogens with two attached hydrogens (primary N) is 1. The molecule has 98 valence electrons. The van der Waals surface area contributed by atoms with Crippen molar-refractivity contribution in [2.45, 2.75) is 25.0 Å². The Hall–Kier alpha value is -1.59. The highest BCUT2D eigenvalue weighted by molar-refractivity contribution is 5.82. The van der Waals surface area contributed by atoms with Crippen LogP contribution in [0.3, 0.4) is 0 Å². The molecule has 0 bridgehead atoms. The number of hydrogen-bond acceptors (Lipinski definition) is 4. The summed E-state index contributed by atoms with van der Waals surface area (Å²) in [5.41, 5.74) is 6.79. The monoisotopic (exact) mass is 250 g/mol. The number of carbonyl (C=O) groups excluding carboxylic acids is 1. The second kappa shape index (κ2) is 5.37. The summed E-state index contributed by atoms with van der Waals surface area (Å²) in [6.07, 6.45) is 0.637. The minimum Gasteiger partial charge on any atom is -0.508 e. The molecule has 4 N–H and O–H groups in total. The largest absolute Gasteiger partial charge is 0.508 e. The molecule has 0 aliphatic carbocycles. The van der Waals surface area contributed by atoms with Gasteiger partial charge < -0.3 is 20.8 Å². The van der Waals surface area contributed by atoms with Crippen molar-refractivity contribution in [3.63, 3.8) is 0 Å². The molecule has 1 aromatic carbocycles. The second-order valence-corrected chi connectivity index (χ2v) is 4.70. The SMILES string of the molecule is N[C@H](Cc1ccc(O)cc1)C(=O)N1CC[C@H](O)C1. The third kappa shape index (κ3) is 3.00. The van der Waals surface area contributed by atoms with Gasteiger partial charge in [-0.05, 0) is 30.5 Å². The third-order valence-electron chi connectivity index (χ3n) is 3.18. The van der Waals surface area contributed by atoms with E-state index in [-0.39, 0.29) is 11.7 Å². The summed E-state index contributed by atoms with van der Waals surface area (Å²) in [6.45, 7) is 0.950. The number of likely N-dealkylation sites (tertiary alicyclic amines) is 1. The topological polar surface area (TPSA) is 86.8 Å². The molecule has 1 aromatic rings. The standard InChI is InChI=1S/C13H18N2O3/c14-12(7-9-1-3-10(16)4-2-9)13(18)15-6-5-11(17)8-15/h1-4,11-12,16-17H,5-8,14H2/t11-,12+/m0/s1. The molecule has 1 fully saturated rings. The highest BCUT2D eigenvalue weighted by Gasteiger charge is 2.28.